The molecule has 0 fully saturated rings. The van der Waals surface area contributed by atoms with E-state index in [1.807, 2.05) is 0 Å². The first-order chi connectivity index (χ1) is 10.4. The van der Waals surface area contributed by atoms with Gasteiger partial charge in [0.15, 0.2) is 0 Å². The Bertz CT molecular complexity index is 968. The summed E-state index contributed by atoms with van der Waals surface area (Å²) in [6, 6.07) is 4.08. The van der Waals surface area contributed by atoms with Gasteiger partial charge in [-0.1, -0.05) is 24.2 Å². The van der Waals surface area contributed by atoms with E-state index in [0.717, 1.165) is 0 Å². The highest BCUT2D eigenvalue weighted by Gasteiger charge is 2.10. The lowest BCUT2D eigenvalue weighted by Crippen LogP contribution is -2.06. The van der Waals surface area contributed by atoms with Crippen molar-refractivity contribution in [3.63, 3.8) is 0 Å². The van der Waals surface area contributed by atoms with Crippen LogP contribution in [0.25, 0.3) is 22.4 Å². The summed E-state index contributed by atoms with van der Waals surface area (Å²) in [5, 5.41) is 9.48. The maximum absolute atomic E-state index is 12.1. The Labute approximate surface area is 108 Å². The van der Waals surface area contributed by atoms with Crippen LogP contribution in [-0.4, -0.2) is 10.1 Å². The minimum absolute atomic E-state index is 0.154. The second kappa shape index (κ2) is 4.00. The molecular weight excluding hydrogens is 230 g/mol. The molecule has 4 nitrogen and oxygen atoms in total. The fraction of sp³-hybridized carbons (Fsp3) is 0. The van der Waals surface area contributed by atoms with E-state index in [1.54, 1.807) is 12.1 Å². The van der Waals surface area contributed by atoms with Crippen LogP contribution in [0.4, 0.5) is 0 Å². The first-order valence-corrected chi connectivity index (χ1v) is 5.11. The molecule has 3 rings (SSSR count). The van der Waals surface area contributed by atoms with Gasteiger partial charge in [0, 0.05) is 0 Å². The topological polar surface area (TPSA) is 63.3 Å². The van der Waals surface area contributed by atoms with Crippen molar-refractivity contribution in [3.8, 4) is 17.2 Å². The van der Waals surface area contributed by atoms with E-state index >= 15 is 0 Å². The molecule has 0 aliphatic carbocycles. The zero-order chi connectivity index (χ0) is 16.0. The Morgan fingerprint density at radius 2 is 2.00 bits per heavy atom. The number of aromatic nitrogens is 1. The zero-order valence-corrected chi connectivity index (χ0v) is 9.02. The maximum Gasteiger partial charge on any atom is 0.284 e. The Hall–Kier alpha value is -2.62. The van der Waals surface area contributed by atoms with Gasteiger partial charge in [-0.15, -0.1) is 0 Å². The van der Waals surface area contributed by atoms with Crippen LogP contribution in [0.2, 0.25) is 0 Å². The molecule has 1 N–H and O–H groups in total. The Morgan fingerprint density at radius 3 is 2.83 bits per heavy atom. The van der Waals surface area contributed by atoms with Gasteiger partial charge in [-0.25, -0.2) is 0 Å². The van der Waals surface area contributed by atoms with Crippen LogP contribution >= 0.6 is 0 Å². The number of aromatic hydroxyl groups is 1. The average Bonchev–Trinajstić information content (AvgIpc) is 2.50. The van der Waals surface area contributed by atoms with Crippen molar-refractivity contribution in [1.82, 2.24) is 4.98 Å². The molecule has 0 saturated carbocycles. The minimum Gasteiger partial charge on any atom is -0.507 e. The van der Waals surface area contributed by atoms with Gasteiger partial charge < -0.3 is 9.52 Å². The summed E-state index contributed by atoms with van der Waals surface area (Å²) < 4.78 is 36.1. The number of benzene rings is 2. The molecule has 88 valence electrons. The summed E-state index contributed by atoms with van der Waals surface area (Å²) in [5.74, 6) is -0.362. The molecule has 0 aliphatic rings. The van der Waals surface area contributed by atoms with Crippen molar-refractivity contribution in [2.75, 3.05) is 0 Å². The van der Waals surface area contributed by atoms with Gasteiger partial charge in [0.05, 0.1) is 16.4 Å². The van der Waals surface area contributed by atoms with Crippen molar-refractivity contribution in [3.05, 3.63) is 58.8 Å². The lowest BCUT2D eigenvalue weighted by molar-refractivity contribution is 0.473. The van der Waals surface area contributed by atoms with Crippen LogP contribution in [0.5, 0.6) is 5.75 Å². The number of phenolic OH excluding ortho intramolecular Hbond substituents is 1. The summed E-state index contributed by atoms with van der Waals surface area (Å²) in [4.78, 5) is 15.8. The Kier molecular flexibility index (Phi) is 1.54. The highest BCUT2D eigenvalue weighted by molar-refractivity contribution is 5.77. The molecule has 2 aromatic carbocycles. The predicted octanol–water partition coefficient (Wildman–Crippen LogP) is 2.56. The highest BCUT2D eigenvalue weighted by atomic mass is 16.3. The number of rotatable bonds is 1. The lowest BCUT2D eigenvalue weighted by atomic mass is 10.2. The van der Waals surface area contributed by atoms with Crippen LogP contribution in [-0.2, 0) is 0 Å². The number of hydrogen-bond donors (Lipinski definition) is 1. The first kappa shape index (κ1) is 6.96. The minimum atomic E-state index is -0.841. The normalized spacial score (nSPS) is 13.8. The molecule has 18 heavy (non-hydrogen) atoms. The summed E-state index contributed by atoms with van der Waals surface area (Å²) >= 11 is 0. The number of fused-ring (bicyclic) bond motifs is 1. The molecule has 1 heterocycles. The van der Waals surface area contributed by atoms with Crippen LogP contribution in [0.15, 0.2) is 57.6 Å². The van der Waals surface area contributed by atoms with Crippen LogP contribution < -0.4 is 5.56 Å². The van der Waals surface area contributed by atoms with Gasteiger partial charge >= 0.3 is 0 Å². The third-order valence-electron chi connectivity index (χ3n) is 2.40. The molecule has 0 amide bonds. The highest BCUT2D eigenvalue weighted by Crippen LogP contribution is 2.27. The van der Waals surface area contributed by atoms with Crippen molar-refractivity contribution in [1.29, 1.82) is 0 Å². The second-order valence-electron chi connectivity index (χ2n) is 3.55. The number of para-hydroxylation sites is 2. The maximum atomic E-state index is 12.1. The molecule has 0 unspecified atom stereocenters. The van der Waals surface area contributed by atoms with E-state index in [4.69, 9.17) is 9.90 Å². The number of phenols is 1. The number of nitrogens with zero attached hydrogens (tertiary/aromatic N) is 1. The van der Waals surface area contributed by atoms with Gasteiger partial charge in [-0.3, -0.25) is 4.79 Å². The number of hydrogen-bond acceptors (Lipinski definition) is 4. The fourth-order valence-corrected chi connectivity index (χ4v) is 1.57. The molecule has 0 bridgehead atoms. The van der Waals surface area contributed by atoms with Crippen LogP contribution in [0.3, 0.4) is 0 Å². The molecule has 0 aliphatic heterocycles. The molecule has 1 aromatic heterocycles. The fourth-order valence-electron chi connectivity index (χ4n) is 1.57. The van der Waals surface area contributed by atoms with E-state index in [9.17, 15) is 9.90 Å². The van der Waals surface area contributed by atoms with Crippen molar-refractivity contribution < 1.29 is 15.0 Å². The summed E-state index contributed by atoms with van der Waals surface area (Å²) in [7, 11) is 0. The Balaban J connectivity index is 2.44. The standard InChI is InChI=1S/C14H9NO3/c16-11-7-3-1-5-9(11)14-15-13(17)10-6-2-4-8-12(10)18-14/h1-8,16H/i2D,4D,6D,8D. The van der Waals surface area contributed by atoms with E-state index in [-0.39, 0.29) is 28.2 Å². The molecule has 3 aromatic rings. The Morgan fingerprint density at radius 1 is 1.22 bits per heavy atom. The average molecular weight is 243 g/mol. The molecule has 0 atom stereocenters. The van der Waals surface area contributed by atoms with E-state index in [2.05, 4.69) is 4.98 Å². The zero-order valence-electron chi connectivity index (χ0n) is 13.0. The quantitative estimate of drug-likeness (QED) is 0.713. The summed E-state index contributed by atoms with van der Waals surface area (Å²) in [5.41, 5.74) is -0.968. The van der Waals surface area contributed by atoms with E-state index in [1.165, 1.54) is 12.1 Å². The van der Waals surface area contributed by atoms with Gasteiger partial charge in [-0.05, 0) is 24.2 Å². The largest absolute Gasteiger partial charge is 0.507 e. The van der Waals surface area contributed by atoms with Gasteiger partial charge in [0.2, 0.25) is 5.89 Å². The molecule has 4 heteroatoms. The van der Waals surface area contributed by atoms with Crippen LogP contribution in [0.1, 0.15) is 5.48 Å². The monoisotopic (exact) mass is 243 g/mol. The van der Waals surface area contributed by atoms with E-state index in [0.29, 0.717) is 0 Å². The predicted molar refractivity (Wildman–Crippen MR) is 67.4 cm³/mol. The lowest BCUT2D eigenvalue weighted by Gasteiger charge is -2.03. The van der Waals surface area contributed by atoms with Crippen LogP contribution in [0, 0.1) is 0 Å². The first-order valence-electron chi connectivity index (χ1n) is 7.11. The SMILES string of the molecule is [2H]c1c([2H])c([2H])c2c(=O)nc(-c3ccccc3O)oc2c1[2H]. The van der Waals surface area contributed by atoms with Crippen molar-refractivity contribution in [2.45, 2.75) is 0 Å². The third-order valence-corrected chi connectivity index (χ3v) is 2.40. The molecule has 0 spiro atoms. The van der Waals surface area contributed by atoms with Crippen molar-refractivity contribution >= 4 is 11.0 Å². The van der Waals surface area contributed by atoms with E-state index < -0.39 is 29.7 Å². The summed E-state index contributed by atoms with van der Waals surface area (Å²) in [6.45, 7) is 0. The third kappa shape index (κ3) is 1.64. The van der Waals surface area contributed by atoms with Crippen molar-refractivity contribution in [2.24, 2.45) is 0 Å². The smallest absolute Gasteiger partial charge is 0.284 e. The van der Waals surface area contributed by atoms with Gasteiger partial charge in [0.1, 0.15) is 11.3 Å². The summed E-state index contributed by atoms with van der Waals surface area (Å²) in [6.07, 6.45) is 0. The molecular formula is C14H9NO3. The van der Waals surface area contributed by atoms with Gasteiger partial charge in [0.25, 0.3) is 5.56 Å². The molecule has 0 radical (unpaired) electrons. The second-order valence-corrected chi connectivity index (χ2v) is 3.55. The molecule has 0 saturated heterocycles. The van der Waals surface area contributed by atoms with Gasteiger partial charge in [-0.2, -0.15) is 4.98 Å².